The van der Waals surface area contributed by atoms with Crippen molar-refractivity contribution in [3.8, 4) is 0 Å². The van der Waals surface area contributed by atoms with E-state index in [1.54, 1.807) is 0 Å². The Bertz CT molecular complexity index is 711. The van der Waals surface area contributed by atoms with E-state index in [9.17, 15) is 4.79 Å². The summed E-state index contributed by atoms with van der Waals surface area (Å²) >= 11 is 0. The third-order valence-corrected chi connectivity index (χ3v) is 4.67. The van der Waals surface area contributed by atoms with Crippen LogP contribution < -0.4 is 5.32 Å². The van der Waals surface area contributed by atoms with Crippen LogP contribution in [0.5, 0.6) is 0 Å². The van der Waals surface area contributed by atoms with Crippen LogP contribution in [-0.4, -0.2) is 36.3 Å². The van der Waals surface area contributed by atoms with Crippen LogP contribution in [0.1, 0.15) is 47.0 Å². The van der Waals surface area contributed by atoms with Crippen molar-refractivity contribution in [2.45, 2.75) is 43.9 Å². The summed E-state index contributed by atoms with van der Waals surface area (Å²) in [4.78, 5) is 16.7. The Morgan fingerprint density at radius 1 is 1.24 bits per heavy atom. The molecule has 0 unspecified atom stereocenters. The fourth-order valence-corrected chi connectivity index (χ4v) is 3.13. The van der Waals surface area contributed by atoms with E-state index in [1.165, 1.54) is 6.39 Å². The molecule has 1 saturated carbocycles. The van der Waals surface area contributed by atoms with Crippen molar-refractivity contribution in [1.29, 1.82) is 0 Å². The second-order valence-corrected chi connectivity index (χ2v) is 6.62. The maximum absolute atomic E-state index is 12.6. The molecule has 2 heterocycles. The molecule has 2 fully saturated rings. The first-order valence-electron chi connectivity index (χ1n) is 8.79. The van der Waals surface area contributed by atoms with Gasteiger partial charge >= 0.3 is 0 Å². The van der Waals surface area contributed by atoms with Gasteiger partial charge in [-0.2, -0.15) is 0 Å². The highest BCUT2D eigenvalue weighted by Crippen LogP contribution is 2.41. The van der Waals surface area contributed by atoms with E-state index < -0.39 is 0 Å². The molecule has 1 aromatic carbocycles. The van der Waals surface area contributed by atoms with Gasteiger partial charge in [-0.25, -0.2) is 4.98 Å². The lowest BCUT2D eigenvalue weighted by molar-refractivity contribution is -0.0605. The average Bonchev–Trinajstić information content (AvgIpc) is 3.38. The van der Waals surface area contributed by atoms with Crippen LogP contribution in [0.15, 0.2) is 41.1 Å². The van der Waals surface area contributed by atoms with Crippen LogP contribution in [0.2, 0.25) is 0 Å². The largest absolute Gasteiger partial charge is 0.447 e. The minimum atomic E-state index is -0.209. The van der Waals surface area contributed by atoms with Crippen molar-refractivity contribution >= 4 is 5.91 Å². The molecule has 1 N–H and O–H groups in total. The van der Waals surface area contributed by atoms with Gasteiger partial charge in [0, 0.05) is 12.5 Å². The minimum Gasteiger partial charge on any atom is -0.447 e. The molecule has 1 amide bonds. The summed E-state index contributed by atoms with van der Waals surface area (Å²) in [7, 11) is 0. The number of carbonyl (C=O) groups is 1. The van der Waals surface area contributed by atoms with Crippen molar-refractivity contribution in [3.05, 3.63) is 53.7 Å². The Morgan fingerprint density at radius 2 is 2.08 bits per heavy atom. The molecule has 6 nitrogen and oxygen atoms in total. The molecule has 1 aromatic heterocycles. The van der Waals surface area contributed by atoms with Gasteiger partial charge in [0.25, 0.3) is 5.91 Å². The van der Waals surface area contributed by atoms with Crippen molar-refractivity contribution in [2.75, 3.05) is 13.2 Å². The van der Waals surface area contributed by atoms with E-state index >= 15 is 0 Å². The Morgan fingerprint density at radius 3 is 2.88 bits per heavy atom. The standard InChI is InChI=1S/C19H22N2O4/c22-19(17-18(14-6-7-14)25-12-20-17)21-15-11-23-9-8-16(15)24-10-13-4-2-1-3-5-13/h1-5,12,14-16H,6-11H2,(H,21,22)/t15-,16+/m1/s1. The molecule has 1 aliphatic carbocycles. The van der Waals surface area contributed by atoms with Gasteiger partial charge in [0.1, 0.15) is 5.76 Å². The van der Waals surface area contributed by atoms with E-state index in [0.717, 1.165) is 24.8 Å². The number of ether oxygens (including phenoxy) is 2. The molecular weight excluding hydrogens is 320 g/mol. The molecule has 2 aromatic rings. The minimum absolute atomic E-state index is 0.0748. The monoisotopic (exact) mass is 342 g/mol. The predicted molar refractivity (Wildman–Crippen MR) is 90.2 cm³/mol. The van der Waals surface area contributed by atoms with Gasteiger partial charge in [0.05, 0.1) is 25.4 Å². The molecule has 132 valence electrons. The molecule has 6 heteroatoms. The summed E-state index contributed by atoms with van der Waals surface area (Å²) in [5, 5.41) is 3.02. The Labute approximate surface area is 146 Å². The van der Waals surface area contributed by atoms with E-state index in [-0.39, 0.29) is 18.1 Å². The van der Waals surface area contributed by atoms with Crippen molar-refractivity contribution in [1.82, 2.24) is 10.3 Å². The lowest BCUT2D eigenvalue weighted by Gasteiger charge is -2.32. The number of carbonyl (C=O) groups excluding carboxylic acids is 1. The SMILES string of the molecule is O=C(N[C@@H]1COCC[C@@H]1OCc1ccccc1)c1ncoc1C1CC1. The zero-order chi connectivity index (χ0) is 17.1. The van der Waals surface area contributed by atoms with Crippen molar-refractivity contribution in [2.24, 2.45) is 0 Å². The Balaban J connectivity index is 1.38. The average molecular weight is 342 g/mol. The first-order valence-corrected chi connectivity index (χ1v) is 8.79. The molecular formula is C19H22N2O4. The van der Waals surface area contributed by atoms with Crippen molar-refractivity contribution < 1.29 is 18.7 Å². The molecule has 2 atom stereocenters. The molecule has 25 heavy (non-hydrogen) atoms. The van der Waals surface area contributed by atoms with Gasteiger partial charge in [-0.05, 0) is 24.8 Å². The number of benzene rings is 1. The summed E-state index contributed by atoms with van der Waals surface area (Å²) in [6.45, 7) is 1.61. The predicted octanol–water partition coefficient (Wildman–Crippen LogP) is 2.66. The second kappa shape index (κ2) is 7.37. The van der Waals surface area contributed by atoms with E-state index in [0.29, 0.717) is 37.2 Å². The first-order chi connectivity index (χ1) is 12.3. The van der Waals surface area contributed by atoms with E-state index in [1.807, 2.05) is 30.3 Å². The number of hydrogen-bond acceptors (Lipinski definition) is 5. The highest BCUT2D eigenvalue weighted by Gasteiger charge is 2.34. The smallest absolute Gasteiger partial charge is 0.273 e. The Kier molecular flexibility index (Phi) is 4.81. The normalized spacial score (nSPS) is 23.4. The molecule has 0 bridgehead atoms. The number of nitrogens with one attached hydrogen (secondary N) is 1. The number of oxazole rings is 1. The number of hydrogen-bond donors (Lipinski definition) is 1. The maximum Gasteiger partial charge on any atom is 0.273 e. The van der Waals surface area contributed by atoms with Gasteiger partial charge in [0.2, 0.25) is 0 Å². The zero-order valence-corrected chi connectivity index (χ0v) is 14.0. The first kappa shape index (κ1) is 16.3. The van der Waals surface area contributed by atoms with Crippen LogP contribution in [-0.2, 0) is 16.1 Å². The molecule has 1 saturated heterocycles. The van der Waals surface area contributed by atoms with E-state index in [2.05, 4.69) is 10.3 Å². The number of rotatable bonds is 6. The fourth-order valence-electron chi connectivity index (χ4n) is 3.13. The van der Waals surface area contributed by atoms with Crippen LogP contribution in [0, 0.1) is 0 Å². The van der Waals surface area contributed by atoms with Crippen LogP contribution in [0.3, 0.4) is 0 Å². The lowest BCUT2D eigenvalue weighted by Crippen LogP contribution is -2.50. The third-order valence-electron chi connectivity index (χ3n) is 4.67. The number of nitrogens with zero attached hydrogens (tertiary/aromatic N) is 1. The summed E-state index contributed by atoms with van der Waals surface area (Å²) in [5.41, 5.74) is 1.52. The van der Waals surface area contributed by atoms with Gasteiger partial charge in [0.15, 0.2) is 12.1 Å². The summed E-state index contributed by atoms with van der Waals surface area (Å²) in [6.07, 6.45) is 4.15. The second-order valence-electron chi connectivity index (χ2n) is 6.62. The van der Waals surface area contributed by atoms with Gasteiger partial charge in [-0.1, -0.05) is 30.3 Å². The van der Waals surface area contributed by atoms with Crippen molar-refractivity contribution in [3.63, 3.8) is 0 Å². The zero-order valence-electron chi connectivity index (χ0n) is 14.0. The van der Waals surface area contributed by atoms with Crippen LogP contribution in [0.25, 0.3) is 0 Å². The topological polar surface area (TPSA) is 73.6 Å². The molecule has 0 radical (unpaired) electrons. The molecule has 0 spiro atoms. The highest BCUT2D eigenvalue weighted by molar-refractivity contribution is 5.93. The molecule has 1 aliphatic heterocycles. The summed E-state index contributed by atoms with van der Waals surface area (Å²) < 4.78 is 17.0. The number of amides is 1. The quantitative estimate of drug-likeness (QED) is 0.874. The molecule has 2 aliphatic rings. The number of aromatic nitrogens is 1. The Hall–Kier alpha value is -2.18. The maximum atomic E-state index is 12.6. The van der Waals surface area contributed by atoms with Crippen LogP contribution >= 0.6 is 0 Å². The summed E-state index contributed by atoms with van der Waals surface area (Å²) in [5.74, 6) is 0.839. The highest BCUT2D eigenvalue weighted by atomic mass is 16.5. The summed E-state index contributed by atoms with van der Waals surface area (Å²) in [6, 6.07) is 9.84. The van der Waals surface area contributed by atoms with Crippen LogP contribution in [0.4, 0.5) is 0 Å². The third kappa shape index (κ3) is 3.91. The van der Waals surface area contributed by atoms with Gasteiger partial charge in [-0.3, -0.25) is 4.79 Å². The van der Waals surface area contributed by atoms with E-state index in [4.69, 9.17) is 13.9 Å². The molecule has 4 rings (SSSR count). The van der Waals surface area contributed by atoms with Gasteiger partial charge in [-0.15, -0.1) is 0 Å². The lowest BCUT2D eigenvalue weighted by atomic mass is 10.1. The van der Waals surface area contributed by atoms with Gasteiger partial charge < -0.3 is 19.2 Å². The fraction of sp³-hybridized carbons (Fsp3) is 0.474.